The number of piperidine rings is 1. The van der Waals surface area contributed by atoms with Gasteiger partial charge in [-0.25, -0.2) is 0 Å². The lowest BCUT2D eigenvalue weighted by molar-refractivity contribution is -0.138. The van der Waals surface area contributed by atoms with Crippen molar-refractivity contribution in [3.63, 3.8) is 0 Å². The van der Waals surface area contributed by atoms with E-state index in [4.69, 9.17) is 4.74 Å². The molecule has 0 radical (unpaired) electrons. The molecule has 0 aromatic heterocycles. The lowest BCUT2D eigenvalue weighted by Gasteiger charge is -2.41. The van der Waals surface area contributed by atoms with E-state index in [0.29, 0.717) is 57.7 Å². The normalized spacial score (nSPS) is 26.7. The summed E-state index contributed by atoms with van der Waals surface area (Å²) in [5.41, 5.74) is -1.18. The molecule has 3 amide bonds. The molecule has 0 bridgehead atoms. The van der Waals surface area contributed by atoms with Crippen molar-refractivity contribution in [2.45, 2.75) is 70.6 Å². The number of hydrogen-bond acceptors (Lipinski definition) is 5. The summed E-state index contributed by atoms with van der Waals surface area (Å²) < 4.78 is 44.1. The fraction of sp³-hybridized carbons (Fsp3) is 0.633. The van der Waals surface area contributed by atoms with Crippen molar-refractivity contribution in [3.8, 4) is 0 Å². The Morgan fingerprint density at radius 2 is 1.83 bits per heavy atom. The Hall–Kier alpha value is -2.92. The molecule has 41 heavy (non-hydrogen) atoms. The topological polar surface area (TPSA) is 99.8 Å². The van der Waals surface area contributed by atoms with Gasteiger partial charge in [0, 0.05) is 24.3 Å². The van der Waals surface area contributed by atoms with Crippen molar-refractivity contribution in [2.75, 3.05) is 38.2 Å². The standard InChI is InChI=1S/C30H41F3N4O4/c1-20(2)17-25-27(39)35-24-10-16-41-19-21(24)5-3-4-11-29(28(40)36-25)12-14-37(15-13-29)18-26(38)34-23-8-6-22(7-9-23)30(31,32)33/h3-4,6-9,20-21,24-25H,5,10-19H2,1-2H3,(H,34,38)(H,35,39)(H,36,40)/b4-3+/t21-,24+,25-/m0/s1. The number of allylic oxidation sites excluding steroid dienone is 2. The Morgan fingerprint density at radius 1 is 1.12 bits per heavy atom. The number of carbonyl (C=O) groups is 3. The molecule has 3 N–H and O–H groups in total. The third kappa shape index (κ3) is 8.31. The fourth-order valence-corrected chi connectivity index (χ4v) is 5.91. The summed E-state index contributed by atoms with van der Waals surface area (Å²) in [6, 6.07) is 3.73. The minimum Gasteiger partial charge on any atom is -0.381 e. The summed E-state index contributed by atoms with van der Waals surface area (Å²) in [5, 5.41) is 8.92. The van der Waals surface area contributed by atoms with Crippen molar-refractivity contribution in [1.82, 2.24) is 15.5 Å². The molecule has 1 aromatic carbocycles. The predicted octanol–water partition coefficient (Wildman–Crippen LogP) is 4.13. The number of alkyl halides is 3. The van der Waals surface area contributed by atoms with Crippen LogP contribution in [-0.2, 0) is 25.3 Å². The Morgan fingerprint density at radius 3 is 2.49 bits per heavy atom. The monoisotopic (exact) mass is 578 g/mol. The molecule has 2 saturated heterocycles. The Bertz CT molecular complexity index is 1100. The lowest BCUT2D eigenvalue weighted by atomic mass is 9.74. The van der Waals surface area contributed by atoms with E-state index in [1.54, 1.807) is 0 Å². The summed E-state index contributed by atoms with van der Waals surface area (Å²) in [6.45, 7) is 6.32. The van der Waals surface area contributed by atoms with Crippen molar-refractivity contribution in [3.05, 3.63) is 42.0 Å². The van der Waals surface area contributed by atoms with Gasteiger partial charge in [-0.3, -0.25) is 19.3 Å². The summed E-state index contributed by atoms with van der Waals surface area (Å²) in [4.78, 5) is 41.7. The fourth-order valence-electron chi connectivity index (χ4n) is 5.91. The van der Waals surface area contributed by atoms with Crippen molar-refractivity contribution < 1.29 is 32.3 Å². The number of halogens is 3. The molecule has 4 rings (SSSR count). The largest absolute Gasteiger partial charge is 0.416 e. The van der Waals surface area contributed by atoms with Crippen LogP contribution in [0, 0.1) is 17.3 Å². The van der Waals surface area contributed by atoms with Crippen LogP contribution >= 0.6 is 0 Å². The number of likely N-dealkylation sites (tertiary alicyclic amines) is 1. The zero-order valence-electron chi connectivity index (χ0n) is 23.8. The second-order valence-corrected chi connectivity index (χ2v) is 12.0. The van der Waals surface area contributed by atoms with E-state index in [1.165, 1.54) is 12.1 Å². The molecule has 0 unspecified atom stereocenters. The smallest absolute Gasteiger partial charge is 0.381 e. The van der Waals surface area contributed by atoms with Gasteiger partial charge in [0.15, 0.2) is 0 Å². The number of carbonyl (C=O) groups excluding carboxylic acids is 3. The van der Waals surface area contributed by atoms with Crippen LogP contribution in [0.25, 0.3) is 0 Å². The van der Waals surface area contributed by atoms with E-state index in [1.807, 2.05) is 18.7 Å². The Labute approximate surface area is 239 Å². The number of ether oxygens (including phenoxy) is 1. The van der Waals surface area contributed by atoms with Crippen LogP contribution < -0.4 is 16.0 Å². The quantitative estimate of drug-likeness (QED) is 0.457. The number of fused-ring (bicyclic) bond motifs is 1. The molecular formula is C30H41F3N4O4. The number of rotatable bonds is 5. The van der Waals surface area contributed by atoms with Crippen LogP contribution in [0.3, 0.4) is 0 Å². The molecule has 3 aliphatic rings. The van der Waals surface area contributed by atoms with Crippen LogP contribution in [-0.4, -0.2) is 67.6 Å². The molecule has 1 aromatic rings. The molecule has 0 aliphatic carbocycles. The number of benzene rings is 1. The highest BCUT2D eigenvalue weighted by Crippen LogP contribution is 2.37. The van der Waals surface area contributed by atoms with Crippen molar-refractivity contribution >= 4 is 23.4 Å². The van der Waals surface area contributed by atoms with E-state index < -0.39 is 23.2 Å². The van der Waals surface area contributed by atoms with Gasteiger partial charge in [0.05, 0.1) is 24.1 Å². The van der Waals surface area contributed by atoms with E-state index in [-0.39, 0.29) is 42.1 Å². The summed E-state index contributed by atoms with van der Waals surface area (Å²) in [6.07, 6.45) is 3.33. The summed E-state index contributed by atoms with van der Waals surface area (Å²) in [5.74, 6) is -0.228. The molecule has 226 valence electrons. The maximum Gasteiger partial charge on any atom is 0.416 e. The van der Waals surface area contributed by atoms with Crippen LogP contribution in [0.1, 0.15) is 57.9 Å². The number of amides is 3. The van der Waals surface area contributed by atoms with Crippen LogP contribution in [0.5, 0.6) is 0 Å². The third-order valence-electron chi connectivity index (χ3n) is 8.40. The first-order valence-electron chi connectivity index (χ1n) is 14.5. The molecule has 3 aliphatic heterocycles. The first kappa shape index (κ1) is 31.0. The molecular weight excluding hydrogens is 537 g/mol. The van der Waals surface area contributed by atoms with Gasteiger partial charge in [-0.15, -0.1) is 0 Å². The van der Waals surface area contributed by atoms with Gasteiger partial charge in [-0.05, 0) is 81.8 Å². The van der Waals surface area contributed by atoms with Crippen molar-refractivity contribution in [2.24, 2.45) is 17.3 Å². The van der Waals surface area contributed by atoms with Gasteiger partial charge in [-0.2, -0.15) is 13.2 Å². The van der Waals surface area contributed by atoms with E-state index in [2.05, 4.69) is 28.1 Å². The first-order chi connectivity index (χ1) is 19.4. The third-order valence-corrected chi connectivity index (χ3v) is 8.40. The molecule has 3 atom stereocenters. The minimum atomic E-state index is -4.44. The van der Waals surface area contributed by atoms with E-state index in [0.717, 1.165) is 25.0 Å². The summed E-state index contributed by atoms with van der Waals surface area (Å²) >= 11 is 0. The maximum atomic E-state index is 13.8. The van der Waals surface area contributed by atoms with E-state index in [9.17, 15) is 27.6 Å². The number of nitrogens with zero attached hydrogens (tertiary/aromatic N) is 1. The number of nitrogens with one attached hydrogen (secondary N) is 3. The van der Waals surface area contributed by atoms with Gasteiger partial charge in [-0.1, -0.05) is 26.0 Å². The van der Waals surface area contributed by atoms with Gasteiger partial charge < -0.3 is 20.7 Å². The van der Waals surface area contributed by atoms with Crippen LogP contribution in [0.4, 0.5) is 18.9 Å². The number of hydrogen-bond donors (Lipinski definition) is 3. The molecule has 11 heteroatoms. The van der Waals surface area contributed by atoms with Gasteiger partial charge in [0.2, 0.25) is 17.7 Å². The lowest BCUT2D eigenvalue weighted by Crippen LogP contribution is -2.57. The molecule has 2 fully saturated rings. The molecule has 0 saturated carbocycles. The van der Waals surface area contributed by atoms with Gasteiger partial charge in [0.25, 0.3) is 0 Å². The molecule has 8 nitrogen and oxygen atoms in total. The van der Waals surface area contributed by atoms with Gasteiger partial charge >= 0.3 is 6.18 Å². The highest BCUT2D eigenvalue weighted by molar-refractivity contribution is 5.92. The predicted molar refractivity (Wildman–Crippen MR) is 149 cm³/mol. The molecule has 1 spiro atoms. The summed E-state index contributed by atoms with van der Waals surface area (Å²) in [7, 11) is 0. The Kier molecular flexibility index (Phi) is 10.1. The second kappa shape index (κ2) is 13.4. The van der Waals surface area contributed by atoms with Crippen LogP contribution in [0.2, 0.25) is 0 Å². The highest BCUT2D eigenvalue weighted by atomic mass is 19.4. The van der Waals surface area contributed by atoms with Crippen molar-refractivity contribution in [1.29, 1.82) is 0 Å². The molecule has 3 heterocycles. The van der Waals surface area contributed by atoms with E-state index >= 15 is 0 Å². The highest BCUT2D eigenvalue weighted by Gasteiger charge is 2.42. The number of anilines is 1. The average Bonchev–Trinajstić information content (AvgIpc) is 2.91. The zero-order valence-corrected chi connectivity index (χ0v) is 23.8. The SMILES string of the molecule is CC(C)C[C@@H]1NC(=O)C2(C/C=C/C[C@H]3COCC[C@H]3NC1=O)CCN(CC(=O)Nc1ccc(C(F)(F)F)cc1)CC2. The second-order valence-electron chi connectivity index (χ2n) is 12.0. The first-order valence-corrected chi connectivity index (χ1v) is 14.5. The maximum absolute atomic E-state index is 13.8. The zero-order chi connectivity index (χ0) is 29.6. The Balaban J connectivity index is 1.41. The average molecular weight is 579 g/mol. The van der Waals surface area contributed by atoms with Crippen LogP contribution in [0.15, 0.2) is 36.4 Å². The van der Waals surface area contributed by atoms with Gasteiger partial charge in [0.1, 0.15) is 6.04 Å². The minimum absolute atomic E-state index is 0.0119.